The number of carbonyl (C=O) groups excluding carboxylic acids is 1. The van der Waals surface area contributed by atoms with E-state index in [9.17, 15) is 4.79 Å². The number of carbonyl (C=O) groups is 1. The van der Waals surface area contributed by atoms with E-state index in [1.54, 1.807) is 25.4 Å². The molecule has 0 bridgehead atoms. The van der Waals surface area contributed by atoms with Crippen molar-refractivity contribution in [3.63, 3.8) is 0 Å². The van der Waals surface area contributed by atoms with Crippen LogP contribution in [0.4, 0.5) is 5.82 Å². The van der Waals surface area contributed by atoms with Gasteiger partial charge in [0.25, 0.3) is 0 Å². The Morgan fingerprint density at radius 2 is 2.30 bits per heavy atom. The number of ether oxygens (including phenoxy) is 1. The van der Waals surface area contributed by atoms with Gasteiger partial charge in [0.15, 0.2) is 0 Å². The zero-order chi connectivity index (χ0) is 14.5. The maximum atomic E-state index is 11.5. The molecule has 2 heterocycles. The van der Waals surface area contributed by atoms with Crippen LogP contribution in [-0.2, 0) is 4.74 Å². The minimum Gasteiger partial charge on any atom is -0.463 e. The highest BCUT2D eigenvalue weighted by molar-refractivity contribution is 5.85. The maximum absolute atomic E-state index is 11.5. The Bertz CT molecular complexity index is 582. The average molecular weight is 275 g/mol. The molecule has 0 amide bonds. The van der Waals surface area contributed by atoms with Gasteiger partial charge in [-0.2, -0.15) is 0 Å². The molecule has 0 fully saturated rings. The second-order valence-corrected chi connectivity index (χ2v) is 4.29. The first kappa shape index (κ1) is 14.0. The minimum absolute atomic E-state index is 0.00945. The summed E-state index contributed by atoms with van der Waals surface area (Å²) in [6.45, 7) is 3.84. The maximum Gasteiger partial charge on any atom is 0.376 e. The van der Waals surface area contributed by atoms with Crippen molar-refractivity contribution in [2.75, 3.05) is 12.4 Å². The van der Waals surface area contributed by atoms with Gasteiger partial charge in [0.05, 0.1) is 13.2 Å². The molecule has 0 aliphatic carbocycles. The second-order valence-electron chi connectivity index (χ2n) is 4.29. The first-order valence-corrected chi connectivity index (χ1v) is 6.33. The Morgan fingerprint density at radius 1 is 1.50 bits per heavy atom. The number of imidazole rings is 1. The van der Waals surface area contributed by atoms with E-state index in [0.29, 0.717) is 11.5 Å². The zero-order valence-corrected chi connectivity index (χ0v) is 11.7. The fourth-order valence-corrected chi connectivity index (χ4v) is 1.84. The van der Waals surface area contributed by atoms with Gasteiger partial charge in [0.1, 0.15) is 11.6 Å². The van der Waals surface area contributed by atoms with Crippen molar-refractivity contribution in [3.8, 4) is 0 Å². The van der Waals surface area contributed by atoms with Gasteiger partial charge in [-0.05, 0) is 13.3 Å². The number of aromatic amines is 1. The first-order valence-electron chi connectivity index (χ1n) is 6.33. The lowest BCUT2D eigenvalue weighted by Crippen LogP contribution is -2.15. The lowest BCUT2D eigenvalue weighted by molar-refractivity contribution is 0.0586. The number of methoxy groups -OCH3 is 1. The SMILES string of the molecule is CCC(Nc1cc(C)nc(C(=O)OC)n1)c1ncc[nH]1. The molecule has 2 aromatic heterocycles. The van der Waals surface area contributed by atoms with E-state index in [4.69, 9.17) is 0 Å². The Balaban J connectivity index is 2.24. The molecule has 2 N–H and O–H groups in total. The van der Waals surface area contributed by atoms with Gasteiger partial charge in [-0.1, -0.05) is 6.92 Å². The number of hydrogen-bond acceptors (Lipinski definition) is 6. The van der Waals surface area contributed by atoms with Gasteiger partial charge in [-0.25, -0.2) is 19.7 Å². The summed E-state index contributed by atoms with van der Waals surface area (Å²) in [5, 5.41) is 3.24. The van der Waals surface area contributed by atoms with Crippen LogP contribution in [0.3, 0.4) is 0 Å². The van der Waals surface area contributed by atoms with Crippen LogP contribution in [0.2, 0.25) is 0 Å². The molecule has 7 heteroatoms. The normalized spacial score (nSPS) is 11.9. The summed E-state index contributed by atoms with van der Waals surface area (Å²) in [5.41, 5.74) is 0.692. The number of rotatable bonds is 5. The molecule has 0 spiro atoms. The third-order valence-electron chi connectivity index (χ3n) is 2.80. The molecule has 0 saturated heterocycles. The van der Waals surface area contributed by atoms with Crippen molar-refractivity contribution in [2.24, 2.45) is 0 Å². The number of H-pyrrole nitrogens is 1. The quantitative estimate of drug-likeness (QED) is 0.809. The smallest absolute Gasteiger partial charge is 0.376 e. The third-order valence-corrected chi connectivity index (χ3v) is 2.80. The number of esters is 1. The van der Waals surface area contributed by atoms with Crippen LogP contribution >= 0.6 is 0 Å². The molecule has 0 aliphatic heterocycles. The number of aryl methyl sites for hydroxylation is 1. The van der Waals surface area contributed by atoms with Gasteiger partial charge < -0.3 is 15.0 Å². The Labute approximate surface area is 116 Å². The molecule has 0 aromatic carbocycles. The van der Waals surface area contributed by atoms with E-state index in [1.165, 1.54) is 7.11 Å². The van der Waals surface area contributed by atoms with Crippen LogP contribution in [0.15, 0.2) is 18.5 Å². The number of hydrogen-bond donors (Lipinski definition) is 2. The van der Waals surface area contributed by atoms with E-state index in [1.807, 2.05) is 6.92 Å². The molecule has 106 valence electrons. The summed E-state index contributed by atoms with van der Waals surface area (Å²) in [5.74, 6) is 0.886. The van der Waals surface area contributed by atoms with Crippen LogP contribution in [0, 0.1) is 6.92 Å². The summed E-state index contributed by atoms with van der Waals surface area (Å²) in [4.78, 5) is 27.0. The number of nitrogens with one attached hydrogen (secondary N) is 2. The van der Waals surface area contributed by atoms with Crippen molar-refractivity contribution in [2.45, 2.75) is 26.3 Å². The Morgan fingerprint density at radius 3 is 2.90 bits per heavy atom. The summed E-state index contributed by atoms with van der Waals surface area (Å²) in [6, 6.07) is 1.77. The molecular weight excluding hydrogens is 258 g/mol. The van der Waals surface area contributed by atoms with Gasteiger partial charge in [-0.3, -0.25) is 0 Å². The minimum atomic E-state index is -0.553. The van der Waals surface area contributed by atoms with Crippen LogP contribution in [-0.4, -0.2) is 33.0 Å². The molecule has 0 saturated carbocycles. The monoisotopic (exact) mass is 275 g/mol. The molecular formula is C13H17N5O2. The first-order chi connectivity index (χ1) is 9.63. The average Bonchev–Trinajstić information content (AvgIpc) is 2.97. The molecule has 2 aromatic rings. The molecule has 0 aliphatic rings. The van der Waals surface area contributed by atoms with Crippen molar-refractivity contribution < 1.29 is 9.53 Å². The van der Waals surface area contributed by atoms with Gasteiger partial charge in [0.2, 0.25) is 5.82 Å². The van der Waals surface area contributed by atoms with Crippen LogP contribution < -0.4 is 5.32 Å². The summed E-state index contributed by atoms with van der Waals surface area (Å²) < 4.78 is 4.64. The molecule has 1 atom stereocenters. The molecule has 1 unspecified atom stereocenters. The van der Waals surface area contributed by atoms with Crippen molar-refractivity contribution in [3.05, 3.63) is 35.8 Å². The predicted octanol–water partition coefficient (Wildman–Crippen LogP) is 1.86. The Kier molecular flexibility index (Phi) is 4.29. The predicted molar refractivity (Wildman–Crippen MR) is 73.4 cm³/mol. The molecule has 7 nitrogen and oxygen atoms in total. The van der Waals surface area contributed by atoms with Crippen molar-refractivity contribution in [1.29, 1.82) is 0 Å². The van der Waals surface area contributed by atoms with E-state index in [2.05, 4.69) is 30.0 Å². The van der Waals surface area contributed by atoms with Gasteiger partial charge in [-0.15, -0.1) is 0 Å². The molecule has 2 rings (SSSR count). The fraction of sp³-hybridized carbons (Fsp3) is 0.385. The second kappa shape index (κ2) is 6.14. The number of nitrogens with zero attached hydrogens (tertiary/aromatic N) is 3. The lowest BCUT2D eigenvalue weighted by Gasteiger charge is -2.15. The van der Waals surface area contributed by atoms with Crippen LogP contribution in [0.5, 0.6) is 0 Å². The third kappa shape index (κ3) is 3.11. The summed E-state index contributed by atoms with van der Waals surface area (Å²) in [6.07, 6.45) is 4.29. The van der Waals surface area contributed by atoms with Crippen LogP contribution in [0.25, 0.3) is 0 Å². The van der Waals surface area contributed by atoms with Crippen LogP contribution in [0.1, 0.15) is 41.5 Å². The molecule has 0 radical (unpaired) electrons. The number of anilines is 1. The van der Waals surface area contributed by atoms with Gasteiger partial charge >= 0.3 is 5.97 Å². The van der Waals surface area contributed by atoms with E-state index in [-0.39, 0.29) is 11.9 Å². The lowest BCUT2D eigenvalue weighted by atomic mass is 10.2. The summed E-state index contributed by atoms with van der Waals surface area (Å²) >= 11 is 0. The van der Waals surface area contributed by atoms with Crippen molar-refractivity contribution >= 4 is 11.8 Å². The largest absolute Gasteiger partial charge is 0.463 e. The highest BCUT2D eigenvalue weighted by Crippen LogP contribution is 2.18. The Hall–Kier alpha value is -2.44. The highest BCUT2D eigenvalue weighted by atomic mass is 16.5. The number of aromatic nitrogens is 4. The van der Waals surface area contributed by atoms with E-state index in [0.717, 1.165) is 12.2 Å². The molecule has 20 heavy (non-hydrogen) atoms. The summed E-state index contributed by atoms with van der Waals surface area (Å²) in [7, 11) is 1.30. The van der Waals surface area contributed by atoms with E-state index < -0.39 is 5.97 Å². The highest BCUT2D eigenvalue weighted by Gasteiger charge is 2.15. The van der Waals surface area contributed by atoms with Gasteiger partial charge in [0, 0.05) is 24.2 Å². The van der Waals surface area contributed by atoms with E-state index >= 15 is 0 Å². The zero-order valence-electron chi connectivity index (χ0n) is 11.7. The standard InChI is InChI=1S/C13H17N5O2/c1-4-9(11-14-5-6-15-11)17-10-7-8(2)16-12(18-10)13(19)20-3/h5-7,9H,4H2,1-3H3,(H,14,15)(H,16,17,18). The topological polar surface area (TPSA) is 92.8 Å². The van der Waals surface area contributed by atoms with Crippen molar-refractivity contribution in [1.82, 2.24) is 19.9 Å². The fourth-order valence-electron chi connectivity index (χ4n) is 1.84.